The minimum atomic E-state index is -0.504. The predicted octanol–water partition coefficient (Wildman–Crippen LogP) is 3.83. The maximum absolute atomic E-state index is 15.1. The third kappa shape index (κ3) is 5.35. The average molecular weight is 532 g/mol. The molecule has 4 N–H and O–H groups in total. The zero-order valence-corrected chi connectivity index (χ0v) is 22.4. The Bertz CT molecular complexity index is 1490. The van der Waals surface area contributed by atoms with Gasteiger partial charge in [-0.1, -0.05) is 6.92 Å². The Morgan fingerprint density at radius 3 is 2.79 bits per heavy atom. The molecule has 1 aliphatic heterocycles. The minimum Gasteiger partial charge on any atom is -0.396 e. The number of nitrogens with zero attached hydrogens (tertiary/aromatic N) is 5. The van der Waals surface area contributed by atoms with Crippen LogP contribution in [0.3, 0.4) is 0 Å². The van der Waals surface area contributed by atoms with Crippen LogP contribution in [0.25, 0.3) is 16.3 Å². The van der Waals surface area contributed by atoms with E-state index < -0.39 is 5.82 Å². The van der Waals surface area contributed by atoms with Crippen molar-refractivity contribution in [3.8, 4) is 0 Å². The molecule has 1 aliphatic carbocycles. The van der Waals surface area contributed by atoms with Crippen molar-refractivity contribution in [3.05, 3.63) is 65.5 Å². The van der Waals surface area contributed by atoms with Crippen LogP contribution in [0.4, 0.5) is 15.9 Å². The number of nitrogen functional groups attached to an aromatic ring is 1. The second-order valence-corrected chi connectivity index (χ2v) is 10.6. The predicted molar refractivity (Wildman–Crippen MR) is 152 cm³/mol. The van der Waals surface area contributed by atoms with Crippen molar-refractivity contribution < 1.29 is 14.3 Å². The van der Waals surface area contributed by atoms with E-state index in [1.54, 1.807) is 24.4 Å². The van der Waals surface area contributed by atoms with Gasteiger partial charge in [0.25, 0.3) is 0 Å². The van der Waals surface area contributed by atoms with Gasteiger partial charge in [0.15, 0.2) is 5.82 Å². The number of hydrogen-bond acceptors (Lipinski definition) is 7. The number of fused-ring (bicyclic) bond motifs is 1. The molecule has 0 radical (unpaired) electrons. The second kappa shape index (κ2) is 10.7. The molecule has 0 spiro atoms. The first-order valence-corrected chi connectivity index (χ1v) is 13.1. The number of aliphatic hydroxyl groups excluding tert-OH is 1. The lowest BCUT2D eigenvalue weighted by Gasteiger charge is -2.35. The van der Waals surface area contributed by atoms with E-state index in [9.17, 15) is 9.90 Å². The Kier molecular flexibility index (Phi) is 7.33. The van der Waals surface area contributed by atoms with Crippen molar-refractivity contribution in [1.29, 1.82) is 0 Å². The van der Waals surface area contributed by atoms with Crippen LogP contribution in [-0.4, -0.2) is 63.1 Å². The van der Waals surface area contributed by atoms with Gasteiger partial charge in [0.05, 0.1) is 24.5 Å². The van der Waals surface area contributed by atoms with Crippen LogP contribution in [0, 0.1) is 17.7 Å². The van der Waals surface area contributed by atoms with Gasteiger partial charge >= 0.3 is 0 Å². The topological polar surface area (TPSA) is 122 Å². The highest BCUT2D eigenvalue weighted by molar-refractivity contribution is 6.00. The number of β-amino-alcohol motifs (C(OH)–C–C–N with tert-alkyl or cyclic N) is 1. The molecule has 39 heavy (non-hydrogen) atoms. The summed E-state index contributed by atoms with van der Waals surface area (Å²) < 4.78 is 17.0. The number of aliphatic imine (C=N–C) groups is 1. The van der Waals surface area contributed by atoms with E-state index in [-0.39, 0.29) is 35.5 Å². The van der Waals surface area contributed by atoms with E-state index in [0.717, 1.165) is 29.8 Å². The van der Waals surface area contributed by atoms with Crippen molar-refractivity contribution in [1.82, 2.24) is 19.7 Å². The summed E-state index contributed by atoms with van der Waals surface area (Å²) >= 11 is 0. The monoisotopic (exact) mass is 531 g/mol. The molecule has 1 saturated heterocycles. The van der Waals surface area contributed by atoms with Crippen LogP contribution in [0.1, 0.15) is 37.8 Å². The van der Waals surface area contributed by atoms with Gasteiger partial charge in [-0.3, -0.25) is 19.4 Å². The zero-order valence-electron chi connectivity index (χ0n) is 22.4. The number of anilines is 2. The molecule has 2 aliphatic rings. The maximum atomic E-state index is 15.1. The third-order valence-electron chi connectivity index (χ3n) is 7.98. The molecular weight excluding hydrogens is 497 g/mol. The molecule has 3 aromatic rings. The average Bonchev–Trinajstić information content (AvgIpc) is 3.35. The van der Waals surface area contributed by atoms with Gasteiger partial charge in [-0.2, -0.15) is 5.10 Å². The number of nitrogens with one attached hydrogen (secondary N) is 1. The Morgan fingerprint density at radius 1 is 1.31 bits per heavy atom. The second-order valence-electron chi connectivity index (χ2n) is 10.6. The highest BCUT2D eigenvalue weighted by atomic mass is 19.1. The number of hydrogen-bond donors (Lipinski definition) is 3. The number of benzene rings is 1. The van der Waals surface area contributed by atoms with Crippen molar-refractivity contribution in [2.24, 2.45) is 16.8 Å². The van der Waals surface area contributed by atoms with Gasteiger partial charge in [-0.25, -0.2) is 9.37 Å². The quantitative estimate of drug-likeness (QED) is 0.219. The molecular formula is C29H34FN7O2. The number of aliphatic hydroxyl groups is 1. The van der Waals surface area contributed by atoms with Crippen LogP contribution in [0.15, 0.2) is 53.6 Å². The molecule has 1 saturated carbocycles. The van der Waals surface area contributed by atoms with Gasteiger partial charge in [0.1, 0.15) is 5.82 Å². The Balaban J connectivity index is 1.29. The number of likely N-dealkylation sites (tertiary alicyclic amines) is 1. The fourth-order valence-corrected chi connectivity index (χ4v) is 5.37. The van der Waals surface area contributed by atoms with Gasteiger partial charge in [-0.15, -0.1) is 0 Å². The first-order chi connectivity index (χ1) is 18.7. The smallest absolute Gasteiger partial charge is 0.229 e. The number of rotatable bonds is 9. The minimum absolute atomic E-state index is 0.0176. The number of nitrogens with two attached hydrogens (primary N) is 1. The summed E-state index contributed by atoms with van der Waals surface area (Å²) in [6, 6.07) is 3.45. The van der Waals surface area contributed by atoms with Crippen molar-refractivity contribution in [2.75, 3.05) is 30.7 Å². The van der Waals surface area contributed by atoms with Crippen molar-refractivity contribution >= 4 is 40.5 Å². The fourth-order valence-electron chi connectivity index (χ4n) is 5.37. The van der Waals surface area contributed by atoms with Crippen molar-refractivity contribution in [3.63, 3.8) is 0 Å². The molecule has 10 heteroatoms. The number of amides is 1. The van der Waals surface area contributed by atoms with Gasteiger partial charge in [0.2, 0.25) is 5.91 Å². The summed E-state index contributed by atoms with van der Waals surface area (Å²) in [5, 5.41) is 18.0. The molecule has 0 bridgehead atoms. The van der Waals surface area contributed by atoms with E-state index in [2.05, 4.69) is 38.9 Å². The number of pyridine rings is 1. The summed E-state index contributed by atoms with van der Waals surface area (Å²) in [5.74, 6) is -0.128. The Hall–Kier alpha value is -3.89. The normalized spacial score (nSPS) is 22.1. The maximum Gasteiger partial charge on any atom is 0.229 e. The molecule has 2 fully saturated rings. The van der Waals surface area contributed by atoms with Crippen LogP contribution in [-0.2, 0) is 11.3 Å². The van der Waals surface area contributed by atoms with Gasteiger partial charge in [-0.05, 0) is 66.8 Å². The number of allylic oxidation sites excluding steroid dienone is 3. The first-order valence-electron chi connectivity index (χ1n) is 13.1. The number of carbonyl (C=O) groups is 1. The summed E-state index contributed by atoms with van der Waals surface area (Å²) in [5.41, 5.74) is 9.13. The molecule has 2 aromatic heterocycles. The Labute approximate surface area is 226 Å². The van der Waals surface area contributed by atoms with Crippen LogP contribution >= 0.6 is 0 Å². The highest BCUT2D eigenvalue weighted by Crippen LogP contribution is 2.54. The molecule has 1 aromatic carbocycles. The van der Waals surface area contributed by atoms with E-state index >= 15 is 4.39 Å². The lowest BCUT2D eigenvalue weighted by atomic mass is 9.97. The lowest BCUT2D eigenvalue weighted by Crippen LogP contribution is -2.51. The van der Waals surface area contributed by atoms with E-state index in [4.69, 9.17) is 5.73 Å². The molecule has 1 amide bonds. The first kappa shape index (κ1) is 26.7. The highest BCUT2D eigenvalue weighted by Gasteiger charge is 2.53. The molecule has 3 atom stereocenters. The number of carbonyl (C=O) groups excluding carboxylic acids is 1. The Morgan fingerprint density at radius 2 is 2.08 bits per heavy atom. The van der Waals surface area contributed by atoms with Crippen LogP contribution in [0.2, 0.25) is 0 Å². The zero-order chi connectivity index (χ0) is 27.8. The lowest BCUT2D eigenvalue weighted by molar-refractivity contribution is -0.117. The molecule has 5 rings (SSSR count). The summed E-state index contributed by atoms with van der Waals surface area (Å²) in [6.45, 7) is 12.2. The van der Waals surface area contributed by atoms with E-state index in [1.165, 1.54) is 6.20 Å². The number of aromatic nitrogens is 3. The number of halogens is 1. The van der Waals surface area contributed by atoms with E-state index in [0.29, 0.717) is 35.2 Å². The largest absolute Gasteiger partial charge is 0.396 e. The third-order valence-corrected chi connectivity index (χ3v) is 7.98. The SMILES string of the molecule is C=N/C=C\C(C)=C(/C)c1cc2cc(NC(=O)[C@H]3[C@@H](C)[C@@H]3c3cnn(CCN4CC(O)C4)c3)ncc2c(N)c1F. The molecule has 204 valence electrons. The summed E-state index contributed by atoms with van der Waals surface area (Å²) in [7, 11) is 0. The van der Waals surface area contributed by atoms with Gasteiger partial charge in [0, 0.05) is 61.0 Å². The molecule has 0 unspecified atom stereocenters. The summed E-state index contributed by atoms with van der Waals surface area (Å²) in [4.78, 5) is 23.4. The van der Waals surface area contributed by atoms with E-state index in [1.807, 2.05) is 30.9 Å². The van der Waals surface area contributed by atoms with Crippen LogP contribution in [0.5, 0.6) is 0 Å². The fraction of sp³-hybridized carbons (Fsp3) is 0.379. The molecule has 9 nitrogen and oxygen atoms in total. The standard InChI is InChI=1S/C29H34FN7O2/c1-16(5-6-32-4)17(2)22-9-19-10-24(33-12-23(19)28(31)27(22)30)35-29(39)26-18(3)25(26)20-11-34-37(13-20)8-7-36-14-21(38)15-36/h5-6,9-13,18,21,25-26,38H,4,7-8,14-15,31H2,1-3H3,(H,33,35,39)/b6-5-,17-16+/t18-,25+,26-/m0/s1. The summed E-state index contributed by atoms with van der Waals surface area (Å²) in [6.07, 6.45) is 8.44. The van der Waals surface area contributed by atoms with Crippen LogP contribution < -0.4 is 11.1 Å². The van der Waals surface area contributed by atoms with Gasteiger partial charge < -0.3 is 16.2 Å². The van der Waals surface area contributed by atoms with Crippen molar-refractivity contribution in [2.45, 2.75) is 39.3 Å². The molecule has 3 heterocycles.